The minimum Gasteiger partial charge on any atom is -0.480 e. The van der Waals surface area contributed by atoms with Crippen LogP contribution < -0.4 is 5.32 Å². The fourth-order valence-corrected chi connectivity index (χ4v) is 2.35. The van der Waals surface area contributed by atoms with Gasteiger partial charge in [0.05, 0.1) is 6.61 Å². The number of carbonyl (C=O) groups is 2. The first-order valence-corrected chi connectivity index (χ1v) is 6.72. The number of aliphatic carboxylic acids is 1. The fourth-order valence-electron chi connectivity index (χ4n) is 2.35. The summed E-state index contributed by atoms with van der Waals surface area (Å²) in [4.78, 5) is 24.6. The lowest BCUT2D eigenvalue weighted by Gasteiger charge is -2.34. The highest BCUT2D eigenvalue weighted by Crippen LogP contribution is 2.24. The van der Waals surface area contributed by atoms with Gasteiger partial charge in [0, 0.05) is 20.2 Å². The number of carbonyl (C=O) groups excluding carboxylic acids is 1. The average molecular weight is 272 g/mol. The van der Waals surface area contributed by atoms with Crippen molar-refractivity contribution in [3.63, 3.8) is 0 Å². The summed E-state index contributed by atoms with van der Waals surface area (Å²) < 4.78 is 4.79. The molecule has 0 bridgehead atoms. The van der Waals surface area contributed by atoms with E-state index < -0.39 is 12.0 Å². The van der Waals surface area contributed by atoms with Crippen molar-refractivity contribution in [1.82, 2.24) is 10.2 Å². The second-order valence-electron chi connectivity index (χ2n) is 5.36. The van der Waals surface area contributed by atoms with Crippen molar-refractivity contribution >= 4 is 12.0 Å². The number of amides is 2. The monoisotopic (exact) mass is 272 g/mol. The summed E-state index contributed by atoms with van der Waals surface area (Å²) in [6.45, 7) is 5.74. The van der Waals surface area contributed by atoms with E-state index in [4.69, 9.17) is 9.84 Å². The number of likely N-dealkylation sites (tertiary alicyclic amines) is 1. The van der Waals surface area contributed by atoms with Crippen LogP contribution in [-0.4, -0.2) is 54.9 Å². The van der Waals surface area contributed by atoms with E-state index in [0.29, 0.717) is 24.9 Å². The SMILES string of the molecule is COCC(NC(=O)N1CCC(C(C)C)CC1)C(=O)O. The number of nitrogens with zero attached hydrogens (tertiary/aromatic N) is 1. The molecule has 19 heavy (non-hydrogen) atoms. The van der Waals surface area contributed by atoms with Crippen LogP contribution >= 0.6 is 0 Å². The largest absolute Gasteiger partial charge is 0.480 e. The Hall–Kier alpha value is -1.30. The van der Waals surface area contributed by atoms with Crippen LogP contribution in [0.1, 0.15) is 26.7 Å². The molecule has 0 aliphatic carbocycles. The Bertz CT molecular complexity index is 312. The molecule has 0 aromatic carbocycles. The fraction of sp³-hybridized carbons (Fsp3) is 0.846. The molecule has 0 aromatic heterocycles. The predicted octanol–water partition coefficient (Wildman–Crippen LogP) is 1.16. The molecule has 0 spiro atoms. The minimum atomic E-state index is -1.08. The maximum absolute atomic E-state index is 12.0. The predicted molar refractivity (Wildman–Crippen MR) is 71.0 cm³/mol. The highest BCUT2D eigenvalue weighted by molar-refractivity contribution is 5.82. The van der Waals surface area contributed by atoms with Gasteiger partial charge in [-0.05, 0) is 24.7 Å². The molecule has 1 heterocycles. The maximum atomic E-state index is 12.0. The van der Waals surface area contributed by atoms with Gasteiger partial charge in [0.2, 0.25) is 0 Å². The normalized spacial score (nSPS) is 18.4. The molecule has 1 aliphatic heterocycles. The average Bonchev–Trinajstić information content (AvgIpc) is 2.38. The Kier molecular flexibility index (Phi) is 6.08. The van der Waals surface area contributed by atoms with Crippen molar-refractivity contribution in [1.29, 1.82) is 0 Å². The Morgan fingerprint density at radius 1 is 1.37 bits per heavy atom. The third-order valence-electron chi connectivity index (χ3n) is 3.70. The zero-order chi connectivity index (χ0) is 14.4. The molecule has 6 nitrogen and oxygen atoms in total. The van der Waals surface area contributed by atoms with Gasteiger partial charge in [-0.3, -0.25) is 0 Å². The van der Waals surface area contributed by atoms with Gasteiger partial charge in [-0.2, -0.15) is 0 Å². The number of ether oxygens (including phenoxy) is 1. The van der Waals surface area contributed by atoms with Crippen LogP contribution in [0.2, 0.25) is 0 Å². The van der Waals surface area contributed by atoms with Crippen molar-refractivity contribution in [2.75, 3.05) is 26.8 Å². The third kappa shape index (κ3) is 4.70. The van der Waals surface area contributed by atoms with Gasteiger partial charge in [-0.15, -0.1) is 0 Å². The topological polar surface area (TPSA) is 78.9 Å². The van der Waals surface area contributed by atoms with Gasteiger partial charge in [0.25, 0.3) is 0 Å². The van der Waals surface area contributed by atoms with E-state index in [2.05, 4.69) is 19.2 Å². The van der Waals surface area contributed by atoms with Gasteiger partial charge >= 0.3 is 12.0 Å². The molecule has 1 fully saturated rings. The van der Waals surface area contributed by atoms with Crippen molar-refractivity contribution in [2.45, 2.75) is 32.7 Å². The first-order chi connectivity index (χ1) is 8.95. The summed E-state index contributed by atoms with van der Waals surface area (Å²) in [5.74, 6) is 0.205. The molecular formula is C13H24N2O4. The third-order valence-corrected chi connectivity index (χ3v) is 3.70. The van der Waals surface area contributed by atoms with Crippen molar-refractivity contribution in [3.05, 3.63) is 0 Å². The standard InChI is InChI=1S/C13H24N2O4/c1-9(2)10-4-6-15(7-5-10)13(18)14-11(8-19-3)12(16)17/h9-11H,4-8H2,1-3H3,(H,14,18)(H,16,17). The Morgan fingerprint density at radius 3 is 2.37 bits per heavy atom. The molecule has 2 amide bonds. The number of urea groups is 1. The van der Waals surface area contributed by atoms with Gasteiger partial charge in [0.1, 0.15) is 0 Å². The summed E-state index contributed by atoms with van der Waals surface area (Å²) in [5.41, 5.74) is 0. The lowest BCUT2D eigenvalue weighted by molar-refractivity contribution is -0.140. The Morgan fingerprint density at radius 2 is 1.95 bits per heavy atom. The first-order valence-electron chi connectivity index (χ1n) is 6.72. The molecule has 1 rings (SSSR count). The van der Waals surface area contributed by atoms with Crippen LogP contribution in [0.25, 0.3) is 0 Å². The van der Waals surface area contributed by atoms with Gasteiger partial charge in [0.15, 0.2) is 6.04 Å². The van der Waals surface area contributed by atoms with Gasteiger partial charge in [-0.25, -0.2) is 9.59 Å². The lowest BCUT2D eigenvalue weighted by Crippen LogP contribution is -2.51. The number of hydrogen-bond donors (Lipinski definition) is 2. The molecule has 110 valence electrons. The minimum absolute atomic E-state index is 0.0243. The molecule has 0 aromatic rings. The van der Waals surface area contributed by atoms with Crippen LogP contribution in [-0.2, 0) is 9.53 Å². The van der Waals surface area contributed by atoms with Crippen LogP contribution in [0, 0.1) is 11.8 Å². The smallest absolute Gasteiger partial charge is 0.328 e. The van der Waals surface area contributed by atoms with Crippen LogP contribution in [0.4, 0.5) is 4.79 Å². The second-order valence-corrected chi connectivity index (χ2v) is 5.36. The summed E-state index contributed by atoms with van der Waals surface area (Å²) in [6, 6.07) is -1.30. The van der Waals surface area contributed by atoms with Crippen molar-refractivity contribution < 1.29 is 19.4 Å². The number of carboxylic acids is 1. The Balaban J connectivity index is 2.44. The molecule has 1 saturated heterocycles. The molecule has 0 radical (unpaired) electrons. The number of carboxylic acid groups (broad SMARTS) is 1. The number of nitrogens with one attached hydrogen (secondary N) is 1. The summed E-state index contributed by atoms with van der Waals surface area (Å²) >= 11 is 0. The second kappa shape index (κ2) is 7.33. The van der Waals surface area contributed by atoms with E-state index >= 15 is 0 Å². The van der Waals surface area contributed by atoms with Crippen molar-refractivity contribution in [2.24, 2.45) is 11.8 Å². The zero-order valence-corrected chi connectivity index (χ0v) is 11.9. The summed E-state index contributed by atoms with van der Waals surface area (Å²) in [7, 11) is 1.41. The van der Waals surface area contributed by atoms with E-state index in [9.17, 15) is 9.59 Å². The molecule has 6 heteroatoms. The van der Waals surface area contributed by atoms with Gasteiger partial charge < -0.3 is 20.1 Å². The highest BCUT2D eigenvalue weighted by Gasteiger charge is 2.27. The molecule has 0 saturated carbocycles. The van der Waals surface area contributed by atoms with E-state index in [1.807, 2.05) is 0 Å². The van der Waals surface area contributed by atoms with E-state index in [1.165, 1.54) is 7.11 Å². The first kappa shape index (κ1) is 15.8. The number of methoxy groups -OCH3 is 1. The lowest BCUT2D eigenvalue weighted by atomic mass is 9.87. The van der Waals surface area contributed by atoms with E-state index in [0.717, 1.165) is 12.8 Å². The number of piperidine rings is 1. The van der Waals surface area contributed by atoms with Crippen LogP contribution in [0.5, 0.6) is 0 Å². The molecular weight excluding hydrogens is 248 g/mol. The molecule has 1 unspecified atom stereocenters. The summed E-state index contributed by atoms with van der Waals surface area (Å²) in [6.07, 6.45) is 1.96. The quantitative estimate of drug-likeness (QED) is 0.787. The van der Waals surface area contributed by atoms with Crippen LogP contribution in [0.3, 0.4) is 0 Å². The molecule has 1 atom stereocenters. The Labute approximate surface area is 114 Å². The zero-order valence-electron chi connectivity index (χ0n) is 11.9. The van der Waals surface area contributed by atoms with Crippen molar-refractivity contribution in [3.8, 4) is 0 Å². The molecule has 1 aliphatic rings. The van der Waals surface area contributed by atoms with E-state index in [1.54, 1.807) is 4.90 Å². The molecule has 2 N–H and O–H groups in total. The van der Waals surface area contributed by atoms with E-state index in [-0.39, 0.29) is 12.6 Å². The number of rotatable bonds is 5. The maximum Gasteiger partial charge on any atom is 0.328 e. The van der Waals surface area contributed by atoms with Gasteiger partial charge in [-0.1, -0.05) is 13.8 Å². The number of hydrogen-bond acceptors (Lipinski definition) is 3. The highest BCUT2D eigenvalue weighted by atomic mass is 16.5. The summed E-state index contributed by atoms with van der Waals surface area (Å²) in [5, 5.41) is 11.4. The van der Waals surface area contributed by atoms with Crippen LogP contribution in [0.15, 0.2) is 0 Å².